The van der Waals surface area contributed by atoms with E-state index in [-0.39, 0.29) is 0 Å². The highest BCUT2D eigenvalue weighted by Gasteiger charge is 2.08. The summed E-state index contributed by atoms with van der Waals surface area (Å²) in [7, 11) is 0. The Labute approximate surface area is 99.5 Å². The zero-order chi connectivity index (χ0) is 12.1. The lowest BCUT2D eigenvalue weighted by Crippen LogP contribution is -1.97. The van der Waals surface area contributed by atoms with Gasteiger partial charge in [0.2, 0.25) is 5.88 Å². The molecule has 4 heteroatoms. The number of rotatable bonds is 3. The van der Waals surface area contributed by atoms with Crippen LogP contribution in [0.1, 0.15) is 12.6 Å². The second-order valence-electron chi connectivity index (χ2n) is 3.31. The number of nitriles is 1. The Balaban J connectivity index is 2.48. The van der Waals surface area contributed by atoms with Gasteiger partial charge in [0.1, 0.15) is 11.8 Å². The van der Waals surface area contributed by atoms with Crippen LogP contribution in [0.4, 0.5) is 0 Å². The van der Waals surface area contributed by atoms with Crippen LogP contribution >= 0.6 is 0 Å². The maximum Gasteiger partial charge on any atom is 0.222 e. The summed E-state index contributed by atoms with van der Waals surface area (Å²) in [4.78, 5) is 8.38. The lowest BCUT2D eigenvalue weighted by atomic mass is 10.1. The third kappa shape index (κ3) is 2.40. The molecule has 17 heavy (non-hydrogen) atoms. The molecule has 4 nitrogen and oxygen atoms in total. The van der Waals surface area contributed by atoms with E-state index in [0.29, 0.717) is 23.9 Å². The summed E-state index contributed by atoms with van der Waals surface area (Å²) in [6, 6.07) is 11.0. The minimum atomic E-state index is 0.383. The van der Waals surface area contributed by atoms with Crippen LogP contribution in [-0.4, -0.2) is 16.6 Å². The lowest BCUT2D eigenvalue weighted by molar-refractivity contribution is 0.328. The van der Waals surface area contributed by atoms with Gasteiger partial charge in [0.05, 0.1) is 17.9 Å². The average molecular weight is 225 g/mol. The molecule has 84 valence electrons. The molecule has 0 unspecified atom stereocenters. The van der Waals surface area contributed by atoms with Crippen molar-refractivity contribution in [2.45, 2.75) is 6.92 Å². The predicted molar refractivity (Wildman–Crippen MR) is 63.4 cm³/mol. The number of nitrogens with zero attached hydrogens (tertiary/aromatic N) is 3. The fraction of sp³-hybridized carbons (Fsp3) is 0.154. The molecule has 0 N–H and O–H groups in total. The fourth-order valence-corrected chi connectivity index (χ4v) is 1.48. The van der Waals surface area contributed by atoms with Gasteiger partial charge in [0, 0.05) is 6.20 Å². The van der Waals surface area contributed by atoms with E-state index >= 15 is 0 Å². The SMILES string of the molecule is CCOc1ncccc1-c1cccc(C#N)n1. The van der Waals surface area contributed by atoms with Crippen molar-refractivity contribution in [3.63, 3.8) is 0 Å². The molecule has 0 saturated heterocycles. The molecule has 0 radical (unpaired) electrons. The first-order chi connectivity index (χ1) is 8.35. The molecule has 0 saturated carbocycles. The first-order valence-corrected chi connectivity index (χ1v) is 5.30. The van der Waals surface area contributed by atoms with Gasteiger partial charge in [-0.2, -0.15) is 5.26 Å². The topological polar surface area (TPSA) is 58.8 Å². The quantitative estimate of drug-likeness (QED) is 0.804. The standard InChI is InChI=1S/C13H11N3O/c1-2-17-13-11(6-4-8-15-13)12-7-3-5-10(9-14)16-12/h3-8H,2H2,1H3. The van der Waals surface area contributed by atoms with E-state index in [2.05, 4.69) is 9.97 Å². The lowest BCUT2D eigenvalue weighted by Gasteiger charge is -2.07. The number of aromatic nitrogens is 2. The Morgan fingerprint density at radius 1 is 1.29 bits per heavy atom. The molecule has 0 spiro atoms. The van der Waals surface area contributed by atoms with Crippen molar-refractivity contribution < 1.29 is 4.74 Å². The van der Waals surface area contributed by atoms with E-state index in [1.807, 2.05) is 31.2 Å². The van der Waals surface area contributed by atoms with E-state index in [4.69, 9.17) is 10.00 Å². The van der Waals surface area contributed by atoms with Gasteiger partial charge in [-0.3, -0.25) is 0 Å². The molecule has 0 amide bonds. The van der Waals surface area contributed by atoms with Crippen LogP contribution in [0.25, 0.3) is 11.3 Å². The summed E-state index contributed by atoms with van der Waals surface area (Å²) >= 11 is 0. The molecular weight excluding hydrogens is 214 g/mol. The number of hydrogen-bond acceptors (Lipinski definition) is 4. The molecule has 2 heterocycles. The van der Waals surface area contributed by atoms with E-state index in [1.165, 1.54) is 0 Å². The summed E-state index contributed by atoms with van der Waals surface area (Å²) < 4.78 is 5.43. The molecule has 0 fully saturated rings. The Hall–Kier alpha value is -2.41. The zero-order valence-corrected chi connectivity index (χ0v) is 9.42. The Bertz CT molecular complexity index is 561. The number of hydrogen-bond donors (Lipinski definition) is 0. The molecule has 0 atom stereocenters. The van der Waals surface area contributed by atoms with E-state index in [9.17, 15) is 0 Å². The maximum absolute atomic E-state index is 8.82. The minimum Gasteiger partial charge on any atom is -0.477 e. The number of ether oxygens (including phenoxy) is 1. The Morgan fingerprint density at radius 3 is 2.94 bits per heavy atom. The highest BCUT2D eigenvalue weighted by molar-refractivity contribution is 5.65. The van der Waals surface area contributed by atoms with Crippen LogP contribution in [0.5, 0.6) is 5.88 Å². The molecule has 0 aliphatic carbocycles. The van der Waals surface area contributed by atoms with Gasteiger partial charge in [0.15, 0.2) is 0 Å². The molecule has 2 aromatic heterocycles. The average Bonchev–Trinajstić information content (AvgIpc) is 2.40. The smallest absolute Gasteiger partial charge is 0.222 e. The van der Waals surface area contributed by atoms with Crippen molar-refractivity contribution in [2.24, 2.45) is 0 Å². The van der Waals surface area contributed by atoms with Crippen molar-refractivity contribution in [1.29, 1.82) is 5.26 Å². The van der Waals surface area contributed by atoms with Gasteiger partial charge in [-0.25, -0.2) is 9.97 Å². The molecule has 2 aromatic rings. The molecule has 0 aromatic carbocycles. The van der Waals surface area contributed by atoms with E-state index in [1.54, 1.807) is 18.3 Å². The minimum absolute atomic E-state index is 0.383. The normalized spacial score (nSPS) is 9.65. The molecule has 0 bridgehead atoms. The molecule has 0 aliphatic rings. The van der Waals surface area contributed by atoms with E-state index in [0.717, 1.165) is 5.56 Å². The molecular formula is C13H11N3O. The summed E-state index contributed by atoms with van der Waals surface area (Å²) in [6.45, 7) is 2.44. The summed E-state index contributed by atoms with van der Waals surface area (Å²) in [5.41, 5.74) is 1.88. The van der Waals surface area contributed by atoms with Gasteiger partial charge in [-0.1, -0.05) is 6.07 Å². The Kier molecular flexibility index (Phi) is 3.31. The zero-order valence-electron chi connectivity index (χ0n) is 9.42. The summed E-state index contributed by atoms with van der Waals surface area (Å²) in [5, 5.41) is 8.82. The third-order valence-electron chi connectivity index (χ3n) is 2.19. The number of pyridine rings is 2. The van der Waals surface area contributed by atoms with Crippen LogP contribution in [0.3, 0.4) is 0 Å². The van der Waals surface area contributed by atoms with Crippen molar-refractivity contribution in [3.8, 4) is 23.2 Å². The van der Waals surface area contributed by atoms with Crippen molar-refractivity contribution in [1.82, 2.24) is 9.97 Å². The van der Waals surface area contributed by atoms with Crippen LogP contribution < -0.4 is 4.74 Å². The summed E-state index contributed by atoms with van der Waals surface area (Å²) in [5.74, 6) is 0.539. The maximum atomic E-state index is 8.82. The van der Waals surface area contributed by atoms with Crippen molar-refractivity contribution in [3.05, 3.63) is 42.2 Å². The van der Waals surface area contributed by atoms with Crippen molar-refractivity contribution >= 4 is 0 Å². The van der Waals surface area contributed by atoms with Crippen LogP contribution in [0.15, 0.2) is 36.5 Å². The monoisotopic (exact) mass is 225 g/mol. The van der Waals surface area contributed by atoms with Gasteiger partial charge >= 0.3 is 0 Å². The third-order valence-corrected chi connectivity index (χ3v) is 2.19. The molecule has 2 rings (SSSR count). The largest absolute Gasteiger partial charge is 0.477 e. The summed E-state index contributed by atoms with van der Waals surface area (Å²) in [6.07, 6.45) is 1.67. The Morgan fingerprint density at radius 2 is 2.18 bits per heavy atom. The second kappa shape index (κ2) is 5.08. The van der Waals surface area contributed by atoms with Crippen LogP contribution in [0.2, 0.25) is 0 Å². The van der Waals surface area contributed by atoms with Gasteiger partial charge in [0.25, 0.3) is 0 Å². The van der Waals surface area contributed by atoms with Gasteiger partial charge in [-0.15, -0.1) is 0 Å². The van der Waals surface area contributed by atoms with Gasteiger partial charge in [-0.05, 0) is 31.2 Å². The highest BCUT2D eigenvalue weighted by Crippen LogP contribution is 2.25. The predicted octanol–water partition coefficient (Wildman–Crippen LogP) is 2.41. The molecule has 0 aliphatic heterocycles. The van der Waals surface area contributed by atoms with Crippen LogP contribution in [0, 0.1) is 11.3 Å². The van der Waals surface area contributed by atoms with Crippen molar-refractivity contribution in [2.75, 3.05) is 6.61 Å². The van der Waals surface area contributed by atoms with Gasteiger partial charge < -0.3 is 4.74 Å². The fourth-order valence-electron chi connectivity index (χ4n) is 1.48. The highest BCUT2D eigenvalue weighted by atomic mass is 16.5. The first-order valence-electron chi connectivity index (χ1n) is 5.30. The van der Waals surface area contributed by atoms with Crippen LogP contribution in [-0.2, 0) is 0 Å². The van der Waals surface area contributed by atoms with E-state index < -0.39 is 0 Å². The first kappa shape index (κ1) is 11.1. The second-order valence-corrected chi connectivity index (χ2v) is 3.31.